The first-order valence-corrected chi connectivity index (χ1v) is 8.00. The van der Waals surface area contributed by atoms with E-state index in [1.54, 1.807) is 0 Å². The fraction of sp³-hybridized carbons (Fsp3) is 0.529. The number of hydrogen-bond acceptors (Lipinski definition) is 4. The summed E-state index contributed by atoms with van der Waals surface area (Å²) in [4.78, 5) is 21.1. The Morgan fingerprint density at radius 3 is 2.04 bits per heavy atom. The molecule has 0 aliphatic carbocycles. The summed E-state index contributed by atoms with van der Waals surface area (Å²) in [5.74, 6) is -9.38. The van der Waals surface area contributed by atoms with Crippen LogP contribution in [0.2, 0.25) is 0 Å². The van der Waals surface area contributed by atoms with Gasteiger partial charge in [0.2, 0.25) is 17.4 Å². The number of halogens is 4. The average Bonchev–Trinajstić information content (AvgIpc) is 2.60. The number of benzene rings is 1. The van der Waals surface area contributed by atoms with Crippen molar-refractivity contribution in [2.45, 2.75) is 46.5 Å². The lowest BCUT2D eigenvalue weighted by atomic mass is 10.2. The Hall–Kier alpha value is -1.96. The minimum absolute atomic E-state index is 0.00833. The van der Waals surface area contributed by atoms with Crippen LogP contribution >= 0.6 is 0 Å². The van der Waals surface area contributed by atoms with Gasteiger partial charge in [-0.05, 0) is 26.4 Å². The van der Waals surface area contributed by atoms with Crippen LogP contribution < -0.4 is 10.1 Å². The predicted octanol–water partition coefficient (Wildman–Crippen LogP) is 4.16. The molecule has 4 nitrogen and oxygen atoms in total. The summed E-state index contributed by atoms with van der Waals surface area (Å²) in [6, 6.07) is 0.00833. The topological polar surface area (TPSA) is 55.4 Å². The van der Waals surface area contributed by atoms with Crippen molar-refractivity contribution < 1.29 is 31.9 Å². The Kier molecular flexibility index (Phi) is 15.7. The summed E-state index contributed by atoms with van der Waals surface area (Å²) >= 11 is 0. The van der Waals surface area contributed by atoms with Crippen LogP contribution in [-0.4, -0.2) is 25.8 Å². The van der Waals surface area contributed by atoms with Crippen LogP contribution in [0.3, 0.4) is 0 Å². The second-order valence-electron chi connectivity index (χ2n) is 4.43. The number of nitrogens with one attached hydrogen (secondary N) is 1. The van der Waals surface area contributed by atoms with E-state index in [0.29, 0.717) is 6.29 Å². The zero-order valence-corrected chi connectivity index (χ0v) is 14.9. The van der Waals surface area contributed by atoms with E-state index < -0.39 is 35.0 Å². The van der Waals surface area contributed by atoms with Crippen molar-refractivity contribution in [2.75, 3.05) is 13.6 Å². The molecule has 144 valence electrons. The van der Waals surface area contributed by atoms with Gasteiger partial charge in [-0.1, -0.05) is 20.8 Å². The monoisotopic (exact) mass is 367 g/mol. The van der Waals surface area contributed by atoms with Crippen molar-refractivity contribution in [1.82, 2.24) is 5.32 Å². The normalized spacial score (nSPS) is 9.28. The Labute approximate surface area is 145 Å². The van der Waals surface area contributed by atoms with Gasteiger partial charge in [0, 0.05) is 18.9 Å². The van der Waals surface area contributed by atoms with E-state index in [0.717, 1.165) is 6.54 Å². The molecule has 0 aliphatic heterocycles. The maximum atomic E-state index is 13.1. The van der Waals surface area contributed by atoms with E-state index in [4.69, 9.17) is 0 Å². The molecule has 0 saturated heterocycles. The summed E-state index contributed by atoms with van der Waals surface area (Å²) in [6.07, 6.45) is 1.67. The van der Waals surface area contributed by atoms with Gasteiger partial charge in [-0.25, -0.2) is 8.78 Å². The van der Waals surface area contributed by atoms with Crippen LogP contribution in [0, 0.1) is 23.3 Å². The molecule has 0 fully saturated rings. The van der Waals surface area contributed by atoms with Crippen molar-refractivity contribution in [3.63, 3.8) is 0 Å². The number of rotatable bonds is 7. The van der Waals surface area contributed by atoms with Crippen LogP contribution in [-0.2, 0) is 9.59 Å². The molecule has 1 aromatic rings. The molecule has 0 aliphatic rings. The largest absolute Gasteiger partial charge is 0.420 e. The van der Waals surface area contributed by atoms with Crippen molar-refractivity contribution in [3.05, 3.63) is 29.3 Å². The lowest BCUT2D eigenvalue weighted by molar-refractivity contribution is -0.134. The number of esters is 1. The zero-order valence-electron chi connectivity index (χ0n) is 14.9. The summed E-state index contributed by atoms with van der Waals surface area (Å²) < 4.78 is 55.9. The van der Waals surface area contributed by atoms with Crippen molar-refractivity contribution in [2.24, 2.45) is 0 Å². The zero-order chi connectivity index (χ0) is 19.8. The molecule has 0 aromatic heterocycles. The fourth-order valence-corrected chi connectivity index (χ4v) is 1.39. The highest BCUT2D eigenvalue weighted by Gasteiger charge is 2.22. The summed E-state index contributed by atoms with van der Waals surface area (Å²) in [5.41, 5.74) is 0. The molecule has 0 spiro atoms. The Balaban J connectivity index is 0. The SMILES string of the molecule is CC.CCCNC.O=CCCCC(=O)Oc1c(F)c(F)cc(F)c1F. The van der Waals surface area contributed by atoms with Crippen LogP contribution in [0.4, 0.5) is 17.6 Å². The molecular weight excluding hydrogens is 342 g/mol. The van der Waals surface area contributed by atoms with E-state index in [1.807, 2.05) is 20.9 Å². The lowest BCUT2D eigenvalue weighted by Crippen LogP contribution is -2.11. The molecule has 1 rings (SSSR count). The van der Waals surface area contributed by atoms with Crippen molar-refractivity contribution in [3.8, 4) is 5.75 Å². The quantitative estimate of drug-likeness (QED) is 0.196. The first-order valence-electron chi connectivity index (χ1n) is 8.00. The van der Waals surface area contributed by atoms with Gasteiger partial charge in [0.25, 0.3) is 0 Å². The second-order valence-corrected chi connectivity index (χ2v) is 4.43. The summed E-state index contributed by atoms with van der Waals surface area (Å²) in [5, 5.41) is 3.02. The van der Waals surface area contributed by atoms with E-state index in [1.165, 1.54) is 6.42 Å². The number of ether oxygens (including phenoxy) is 1. The van der Waals surface area contributed by atoms with Gasteiger partial charge in [0.1, 0.15) is 6.29 Å². The molecule has 0 bridgehead atoms. The van der Waals surface area contributed by atoms with Crippen LogP contribution in [0.25, 0.3) is 0 Å². The highest BCUT2D eigenvalue weighted by atomic mass is 19.2. The minimum atomic E-state index is -1.78. The summed E-state index contributed by atoms with van der Waals surface area (Å²) in [7, 11) is 1.96. The van der Waals surface area contributed by atoms with Crippen molar-refractivity contribution in [1.29, 1.82) is 0 Å². The second kappa shape index (κ2) is 15.6. The van der Waals surface area contributed by atoms with Gasteiger partial charge in [0.15, 0.2) is 11.6 Å². The van der Waals surface area contributed by atoms with Gasteiger partial charge in [-0.2, -0.15) is 8.78 Å². The van der Waals surface area contributed by atoms with Crippen LogP contribution in [0.1, 0.15) is 46.5 Å². The van der Waals surface area contributed by atoms with Crippen LogP contribution in [0.5, 0.6) is 5.75 Å². The molecule has 8 heteroatoms. The van der Waals surface area contributed by atoms with Gasteiger partial charge < -0.3 is 14.8 Å². The lowest BCUT2D eigenvalue weighted by Gasteiger charge is -2.07. The molecule has 0 atom stereocenters. The van der Waals surface area contributed by atoms with Gasteiger partial charge in [-0.15, -0.1) is 0 Å². The molecule has 0 radical (unpaired) electrons. The molecule has 25 heavy (non-hydrogen) atoms. The fourth-order valence-electron chi connectivity index (χ4n) is 1.39. The van der Waals surface area contributed by atoms with E-state index >= 15 is 0 Å². The minimum Gasteiger partial charge on any atom is -0.420 e. The van der Waals surface area contributed by atoms with Crippen molar-refractivity contribution >= 4 is 12.3 Å². The molecule has 0 unspecified atom stereocenters. The van der Waals surface area contributed by atoms with Gasteiger partial charge >= 0.3 is 5.97 Å². The van der Waals surface area contributed by atoms with E-state index in [9.17, 15) is 27.2 Å². The number of carbonyl (C=O) groups is 2. The highest BCUT2D eigenvalue weighted by Crippen LogP contribution is 2.26. The standard InChI is InChI=1S/C11H8F4O3.C4H11N.C2H6/c12-6-5-7(13)10(15)11(9(6)14)18-8(17)3-1-2-4-16;1-3-4-5-2;1-2/h4-5H,1-3H2;5H,3-4H2,1-2H3;1-2H3. The maximum Gasteiger partial charge on any atom is 0.311 e. The van der Waals surface area contributed by atoms with E-state index in [-0.39, 0.29) is 25.3 Å². The number of carbonyl (C=O) groups excluding carboxylic acids is 2. The predicted molar refractivity (Wildman–Crippen MR) is 87.4 cm³/mol. The molecule has 1 N–H and O–H groups in total. The third kappa shape index (κ3) is 10.5. The maximum absolute atomic E-state index is 13.1. The first-order chi connectivity index (χ1) is 11.9. The van der Waals surface area contributed by atoms with E-state index in [2.05, 4.69) is 17.0 Å². The number of hydrogen-bond donors (Lipinski definition) is 1. The Morgan fingerprint density at radius 2 is 1.68 bits per heavy atom. The molecule has 0 saturated carbocycles. The van der Waals surface area contributed by atoms with Gasteiger partial charge in [0.05, 0.1) is 0 Å². The summed E-state index contributed by atoms with van der Waals surface area (Å²) in [6.45, 7) is 7.29. The smallest absolute Gasteiger partial charge is 0.311 e. The molecule has 1 aromatic carbocycles. The first kappa shape index (κ1) is 25.3. The molecular formula is C17H25F4NO3. The molecule has 0 heterocycles. The third-order valence-corrected chi connectivity index (χ3v) is 2.49. The van der Waals surface area contributed by atoms with Gasteiger partial charge in [-0.3, -0.25) is 4.79 Å². The Bertz CT molecular complexity index is 497. The third-order valence-electron chi connectivity index (χ3n) is 2.49. The Morgan fingerprint density at radius 1 is 1.16 bits per heavy atom. The number of unbranched alkanes of at least 4 members (excludes halogenated alkanes) is 1. The van der Waals surface area contributed by atoms with Crippen LogP contribution in [0.15, 0.2) is 6.07 Å². The highest BCUT2D eigenvalue weighted by molar-refractivity contribution is 5.72. The average molecular weight is 367 g/mol. The molecule has 0 amide bonds. The number of aldehydes is 1.